The van der Waals surface area contributed by atoms with E-state index < -0.39 is 9.84 Å². The zero-order valence-corrected chi connectivity index (χ0v) is 12.4. The fourth-order valence-corrected chi connectivity index (χ4v) is 3.01. The van der Waals surface area contributed by atoms with Crippen LogP contribution in [0.2, 0.25) is 0 Å². The Kier molecular flexibility index (Phi) is 3.54. The van der Waals surface area contributed by atoms with Crippen LogP contribution in [0.4, 0.5) is 6.01 Å². The van der Waals surface area contributed by atoms with E-state index >= 15 is 0 Å². The van der Waals surface area contributed by atoms with E-state index in [2.05, 4.69) is 4.98 Å². The molecular weight excluding hydrogens is 264 g/mol. The number of aromatic nitrogens is 1. The van der Waals surface area contributed by atoms with Gasteiger partial charge >= 0.3 is 0 Å². The summed E-state index contributed by atoms with van der Waals surface area (Å²) in [6.07, 6.45) is 1.23. The molecule has 6 heteroatoms. The van der Waals surface area contributed by atoms with Gasteiger partial charge in [-0.3, -0.25) is 0 Å². The minimum atomic E-state index is -3.02. The molecule has 19 heavy (non-hydrogen) atoms. The van der Waals surface area contributed by atoms with Crippen molar-refractivity contribution in [3.63, 3.8) is 0 Å². The second kappa shape index (κ2) is 4.85. The average molecular weight is 282 g/mol. The van der Waals surface area contributed by atoms with Crippen molar-refractivity contribution in [2.45, 2.75) is 19.9 Å². The van der Waals surface area contributed by atoms with Crippen LogP contribution in [-0.2, 0) is 9.84 Å². The number of benzene rings is 1. The third-order valence-corrected chi connectivity index (χ3v) is 4.13. The molecule has 0 N–H and O–H groups in total. The quantitative estimate of drug-likeness (QED) is 0.858. The van der Waals surface area contributed by atoms with E-state index in [1.54, 1.807) is 11.9 Å². The maximum Gasteiger partial charge on any atom is 0.298 e. The van der Waals surface area contributed by atoms with Crippen molar-refractivity contribution in [2.24, 2.45) is 0 Å². The van der Waals surface area contributed by atoms with Gasteiger partial charge in [-0.25, -0.2) is 8.42 Å². The zero-order valence-electron chi connectivity index (χ0n) is 11.5. The van der Waals surface area contributed by atoms with Crippen molar-refractivity contribution < 1.29 is 12.8 Å². The fourth-order valence-electron chi connectivity index (χ4n) is 1.91. The molecule has 1 aromatic heterocycles. The molecule has 2 rings (SSSR count). The van der Waals surface area contributed by atoms with Gasteiger partial charge in [0.05, 0.1) is 5.75 Å². The Hall–Kier alpha value is -1.56. The molecule has 0 aliphatic rings. The summed E-state index contributed by atoms with van der Waals surface area (Å²) in [5.41, 5.74) is 2.60. The van der Waals surface area contributed by atoms with Gasteiger partial charge in [0.15, 0.2) is 5.58 Å². The highest BCUT2D eigenvalue weighted by atomic mass is 32.2. The molecule has 104 valence electrons. The lowest BCUT2D eigenvalue weighted by molar-refractivity contribution is 0.554. The number of anilines is 1. The largest absolute Gasteiger partial charge is 0.423 e. The molecule has 0 aliphatic carbocycles. The highest BCUT2D eigenvalue weighted by Crippen LogP contribution is 2.23. The minimum absolute atomic E-state index is 0.0707. The molecule has 1 unspecified atom stereocenters. The summed E-state index contributed by atoms with van der Waals surface area (Å²) in [4.78, 5) is 6.14. The number of aryl methyl sites for hydroxylation is 1. The van der Waals surface area contributed by atoms with E-state index in [9.17, 15) is 8.42 Å². The van der Waals surface area contributed by atoms with Crippen LogP contribution in [0, 0.1) is 6.92 Å². The van der Waals surface area contributed by atoms with Crippen molar-refractivity contribution in [1.82, 2.24) is 4.98 Å². The van der Waals surface area contributed by atoms with Gasteiger partial charge < -0.3 is 9.32 Å². The molecule has 2 aromatic rings. The first kappa shape index (κ1) is 13.9. The summed E-state index contributed by atoms with van der Waals surface area (Å²) in [5, 5.41) is 0. The lowest BCUT2D eigenvalue weighted by atomic mass is 10.2. The Morgan fingerprint density at radius 2 is 2.11 bits per heavy atom. The van der Waals surface area contributed by atoms with Crippen LogP contribution in [0.5, 0.6) is 0 Å². The topological polar surface area (TPSA) is 63.4 Å². The van der Waals surface area contributed by atoms with E-state index in [1.807, 2.05) is 32.0 Å². The van der Waals surface area contributed by atoms with Crippen LogP contribution >= 0.6 is 0 Å². The Morgan fingerprint density at radius 1 is 1.42 bits per heavy atom. The summed E-state index contributed by atoms with van der Waals surface area (Å²) in [6, 6.07) is 6.02. The van der Waals surface area contributed by atoms with Crippen LogP contribution in [0.3, 0.4) is 0 Å². The molecule has 5 nitrogen and oxygen atoms in total. The van der Waals surface area contributed by atoms with Gasteiger partial charge in [-0.15, -0.1) is 0 Å². The molecule has 0 saturated carbocycles. The zero-order chi connectivity index (χ0) is 14.2. The predicted octanol–water partition coefficient (Wildman–Crippen LogP) is 2.01. The van der Waals surface area contributed by atoms with Crippen molar-refractivity contribution in [3.8, 4) is 0 Å². The first-order chi connectivity index (χ1) is 8.76. The van der Waals surface area contributed by atoms with Gasteiger partial charge in [0.2, 0.25) is 0 Å². The van der Waals surface area contributed by atoms with E-state index in [-0.39, 0.29) is 11.8 Å². The molecule has 0 amide bonds. The van der Waals surface area contributed by atoms with Gasteiger partial charge in [0.1, 0.15) is 15.4 Å². The van der Waals surface area contributed by atoms with Gasteiger partial charge in [-0.1, -0.05) is 6.07 Å². The summed E-state index contributed by atoms with van der Waals surface area (Å²) in [7, 11) is -1.24. The highest BCUT2D eigenvalue weighted by molar-refractivity contribution is 7.90. The Balaban J connectivity index is 2.28. The minimum Gasteiger partial charge on any atom is -0.423 e. The summed E-state index contributed by atoms with van der Waals surface area (Å²) < 4.78 is 28.3. The van der Waals surface area contributed by atoms with Crippen LogP contribution in [0.15, 0.2) is 22.6 Å². The van der Waals surface area contributed by atoms with Crippen LogP contribution in [0.25, 0.3) is 11.1 Å². The van der Waals surface area contributed by atoms with Gasteiger partial charge in [0, 0.05) is 19.3 Å². The fraction of sp³-hybridized carbons (Fsp3) is 0.462. The third-order valence-electron chi connectivity index (χ3n) is 3.04. The standard InChI is InChI=1S/C13H18N2O3S/c1-9-5-6-12-11(7-9)14-13(18-12)15(3)10(2)8-19(4,16)17/h5-7,10H,8H2,1-4H3. The van der Waals surface area contributed by atoms with Crippen molar-refractivity contribution >= 4 is 27.0 Å². The number of hydrogen-bond acceptors (Lipinski definition) is 5. The summed E-state index contributed by atoms with van der Waals surface area (Å²) in [6.45, 7) is 3.82. The average Bonchev–Trinajstić information content (AvgIpc) is 2.68. The maximum absolute atomic E-state index is 11.3. The van der Waals surface area contributed by atoms with Crippen LogP contribution in [-0.4, -0.2) is 38.5 Å². The number of oxazole rings is 1. The van der Waals surface area contributed by atoms with E-state index in [0.717, 1.165) is 11.1 Å². The summed E-state index contributed by atoms with van der Waals surface area (Å²) >= 11 is 0. The van der Waals surface area contributed by atoms with Gasteiger partial charge in [0.25, 0.3) is 6.01 Å². The van der Waals surface area contributed by atoms with Crippen molar-refractivity contribution in [3.05, 3.63) is 23.8 Å². The molecule has 1 atom stereocenters. The number of rotatable bonds is 4. The molecule has 0 saturated heterocycles. The molecule has 0 fully saturated rings. The van der Waals surface area contributed by atoms with Crippen molar-refractivity contribution in [2.75, 3.05) is 24.0 Å². The molecule has 0 radical (unpaired) electrons. The Labute approximate surface area is 113 Å². The lowest BCUT2D eigenvalue weighted by Gasteiger charge is -2.21. The van der Waals surface area contributed by atoms with Crippen LogP contribution in [0.1, 0.15) is 12.5 Å². The SMILES string of the molecule is Cc1ccc2oc(N(C)C(C)CS(C)(=O)=O)nc2c1. The Bertz CT molecular complexity index is 691. The molecule has 1 aromatic carbocycles. The first-order valence-electron chi connectivity index (χ1n) is 6.04. The molecule has 0 spiro atoms. The van der Waals surface area contributed by atoms with E-state index in [0.29, 0.717) is 11.6 Å². The lowest BCUT2D eigenvalue weighted by Crippen LogP contribution is -2.34. The van der Waals surface area contributed by atoms with E-state index in [4.69, 9.17) is 4.42 Å². The predicted molar refractivity (Wildman–Crippen MR) is 76.3 cm³/mol. The smallest absolute Gasteiger partial charge is 0.298 e. The van der Waals surface area contributed by atoms with Gasteiger partial charge in [-0.2, -0.15) is 4.98 Å². The summed E-state index contributed by atoms with van der Waals surface area (Å²) in [5.74, 6) is 0.0707. The molecule has 0 bridgehead atoms. The maximum atomic E-state index is 11.3. The third kappa shape index (κ3) is 3.26. The number of hydrogen-bond donors (Lipinski definition) is 0. The molecular formula is C13H18N2O3S. The second-order valence-corrected chi connectivity index (χ2v) is 7.20. The normalized spacial score (nSPS) is 13.7. The Morgan fingerprint density at radius 3 is 2.74 bits per heavy atom. The number of fused-ring (bicyclic) bond motifs is 1. The first-order valence-corrected chi connectivity index (χ1v) is 8.10. The molecule has 1 heterocycles. The van der Waals surface area contributed by atoms with Gasteiger partial charge in [-0.05, 0) is 31.5 Å². The highest BCUT2D eigenvalue weighted by Gasteiger charge is 2.19. The van der Waals surface area contributed by atoms with Crippen molar-refractivity contribution in [1.29, 1.82) is 0 Å². The van der Waals surface area contributed by atoms with E-state index in [1.165, 1.54) is 6.26 Å². The number of sulfone groups is 1. The molecule has 0 aliphatic heterocycles. The number of nitrogens with zero attached hydrogens (tertiary/aromatic N) is 2. The van der Waals surface area contributed by atoms with Crippen LogP contribution < -0.4 is 4.90 Å². The monoisotopic (exact) mass is 282 g/mol. The second-order valence-electron chi connectivity index (χ2n) is 5.02.